The van der Waals surface area contributed by atoms with E-state index in [1.807, 2.05) is 30.3 Å². The van der Waals surface area contributed by atoms with Crippen molar-refractivity contribution in [1.82, 2.24) is 4.98 Å². The first-order chi connectivity index (χ1) is 12.0. The lowest BCUT2D eigenvalue weighted by molar-refractivity contribution is 0.397. The number of nitrogens with zero attached hydrogens (tertiary/aromatic N) is 1. The van der Waals surface area contributed by atoms with Gasteiger partial charge in [-0.15, -0.1) is 0 Å². The summed E-state index contributed by atoms with van der Waals surface area (Å²) in [6.07, 6.45) is 3.53. The summed E-state index contributed by atoms with van der Waals surface area (Å²) in [6, 6.07) is 11.6. The molecule has 0 bridgehead atoms. The van der Waals surface area contributed by atoms with Crippen LogP contribution in [0.4, 0.5) is 0 Å². The maximum Gasteiger partial charge on any atom is 0.142 e. The number of methoxy groups -OCH3 is 1. The van der Waals surface area contributed by atoms with Gasteiger partial charge in [0.15, 0.2) is 0 Å². The maximum atomic E-state index is 6.25. The number of furan rings is 1. The number of nitrogens with two attached hydrogens (primary N) is 1. The number of halogens is 1. The van der Waals surface area contributed by atoms with Gasteiger partial charge in [-0.3, -0.25) is 4.98 Å². The molecular formula is C20H21ClN2O2. The highest BCUT2D eigenvalue weighted by Gasteiger charge is 2.26. The second-order valence-electron chi connectivity index (χ2n) is 6.53. The van der Waals surface area contributed by atoms with Crippen molar-refractivity contribution in [1.29, 1.82) is 0 Å². The van der Waals surface area contributed by atoms with E-state index in [-0.39, 0.29) is 5.41 Å². The second kappa shape index (κ2) is 6.90. The molecule has 0 spiro atoms. The average Bonchev–Trinajstić information content (AvgIpc) is 3.09. The van der Waals surface area contributed by atoms with Crippen LogP contribution in [-0.2, 0) is 5.41 Å². The summed E-state index contributed by atoms with van der Waals surface area (Å²) >= 11 is 6.16. The molecule has 5 heteroatoms. The van der Waals surface area contributed by atoms with Crippen LogP contribution >= 0.6 is 11.6 Å². The lowest BCUT2D eigenvalue weighted by Crippen LogP contribution is -2.27. The highest BCUT2D eigenvalue weighted by molar-refractivity contribution is 6.32. The Morgan fingerprint density at radius 3 is 2.48 bits per heavy atom. The molecule has 0 saturated heterocycles. The quantitative estimate of drug-likeness (QED) is 0.705. The Labute approximate surface area is 152 Å². The van der Waals surface area contributed by atoms with E-state index in [2.05, 4.69) is 24.9 Å². The molecule has 1 aromatic carbocycles. The molecule has 2 N–H and O–H groups in total. The lowest BCUT2D eigenvalue weighted by Gasteiger charge is -2.18. The van der Waals surface area contributed by atoms with Crippen LogP contribution in [0.15, 0.2) is 53.2 Å². The van der Waals surface area contributed by atoms with Gasteiger partial charge in [0.1, 0.15) is 17.3 Å². The van der Waals surface area contributed by atoms with Gasteiger partial charge in [0.25, 0.3) is 0 Å². The fourth-order valence-electron chi connectivity index (χ4n) is 2.59. The zero-order valence-electron chi connectivity index (χ0n) is 14.5. The van der Waals surface area contributed by atoms with Crippen LogP contribution in [0.2, 0.25) is 5.02 Å². The van der Waals surface area contributed by atoms with E-state index >= 15 is 0 Å². The topological polar surface area (TPSA) is 61.3 Å². The van der Waals surface area contributed by atoms with Crippen LogP contribution in [-0.4, -0.2) is 18.6 Å². The van der Waals surface area contributed by atoms with Crippen LogP contribution in [0.25, 0.3) is 22.5 Å². The van der Waals surface area contributed by atoms with E-state index in [0.29, 0.717) is 17.3 Å². The number of hydrogen-bond donors (Lipinski definition) is 1. The van der Waals surface area contributed by atoms with Crippen molar-refractivity contribution in [2.24, 2.45) is 5.73 Å². The summed E-state index contributed by atoms with van der Waals surface area (Å²) in [5, 5.41) is 0.561. The fraction of sp³-hybridized carbons (Fsp3) is 0.250. The Morgan fingerprint density at radius 2 is 1.84 bits per heavy atom. The molecule has 2 heterocycles. The molecule has 25 heavy (non-hydrogen) atoms. The standard InChI is InChI=1S/C20H21ClN2O2/c1-20(2,12-22)18-11-15(13-6-8-23-9-7-13)19(25-18)14-4-5-16(21)17(10-14)24-3/h4-11H,12,22H2,1-3H3. The molecule has 3 aromatic rings. The molecule has 4 nitrogen and oxygen atoms in total. The molecule has 0 saturated carbocycles. The fourth-order valence-corrected chi connectivity index (χ4v) is 2.78. The summed E-state index contributed by atoms with van der Waals surface area (Å²) < 4.78 is 11.6. The Balaban J connectivity index is 2.21. The normalized spacial score (nSPS) is 11.6. The highest BCUT2D eigenvalue weighted by Crippen LogP contribution is 2.40. The minimum Gasteiger partial charge on any atom is -0.495 e. The van der Waals surface area contributed by atoms with E-state index in [1.165, 1.54) is 0 Å². The molecule has 0 unspecified atom stereocenters. The summed E-state index contributed by atoms with van der Waals surface area (Å²) in [5.41, 5.74) is 8.58. The lowest BCUT2D eigenvalue weighted by atomic mass is 9.90. The van der Waals surface area contributed by atoms with E-state index in [1.54, 1.807) is 19.5 Å². The van der Waals surface area contributed by atoms with Crippen molar-refractivity contribution in [3.63, 3.8) is 0 Å². The van der Waals surface area contributed by atoms with Crippen LogP contribution < -0.4 is 10.5 Å². The summed E-state index contributed by atoms with van der Waals surface area (Å²) in [7, 11) is 1.60. The first kappa shape index (κ1) is 17.5. The number of hydrogen-bond acceptors (Lipinski definition) is 4. The van der Waals surface area contributed by atoms with E-state index in [9.17, 15) is 0 Å². The van der Waals surface area contributed by atoms with Gasteiger partial charge < -0.3 is 14.9 Å². The van der Waals surface area contributed by atoms with Crippen molar-refractivity contribution in [3.8, 4) is 28.2 Å². The molecule has 0 aliphatic heterocycles. The highest BCUT2D eigenvalue weighted by atomic mass is 35.5. The maximum absolute atomic E-state index is 6.25. The first-order valence-electron chi connectivity index (χ1n) is 8.05. The predicted molar refractivity (Wildman–Crippen MR) is 101 cm³/mol. The molecule has 2 aromatic heterocycles. The second-order valence-corrected chi connectivity index (χ2v) is 6.93. The minimum atomic E-state index is -0.267. The van der Waals surface area contributed by atoms with Gasteiger partial charge in [-0.25, -0.2) is 0 Å². The SMILES string of the molecule is COc1cc(-c2oc(C(C)(C)CN)cc2-c2ccncc2)ccc1Cl. The Bertz CT molecular complexity index is 873. The number of aromatic nitrogens is 1. The van der Waals surface area contributed by atoms with E-state index in [4.69, 9.17) is 26.5 Å². The molecule has 0 amide bonds. The number of benzene rings is 1. The molecule has 0 fully saturated rings. The molecule has 3 rings (SSSR count). The Morgan fingerprint density at radius 1 is 1.12 bits per heavy atom. The van der Waals surface area contributed by atoms with Crippen LogP contribution in [0.5, 0.6) is 5.75 Å². The van der Waals surface area contributed by atoms with E-state index < -0.39 is 0 Å². The van der Waals surface area contributed by atoms with Crippen molar-refractivity contribution in [2.75, 3.05) is 13.7 Å². The molecule has 130 valence electrons. The van der Waals surface area contributed by atoms with Crippen LogP contribution in [0.3, 0.4) is 0 Å². The van der Waals surface area contributed by atoms with Gasteiger partial charge in [0.05, 0.1) is 12.1 Å². The minimum absolute atomic E-state index is 0.267. The summed E-state index contributed by atoms with van der Waals surface area (Å²) in [4.78, 5) is 4.10. The monoisotopic (exact) mass is 356 g/mol. The first-order valence-corrected chi connectivity index (χ1v) is 8.43. The van der Waals surface area contributed by atoms with Crippen LogP contribution in [0, 0.1) is 0 Å². The Hall–Kier alpha value is -2.30. The number of ether oxygens (including phenoxy) is 1. The third kappa shape index (κ3) is 3.41. The molecule has 0 radical (unpaired) electrons. The predicted octanol–water partition coefficient (Wildman–Crippen LogP) is 4.91. The van der Waals surface area contributed by atoms with Crippen molar-refractivity contribution in [3.05, 3.63) is 59.6 Å². The van der Waals surface area contributed by atoms with Gasteiger partial charge in [-0.2, -0.15) is 0 Å². The van der Waals surface area contributed by atoms with Gasteiger partial charge >= 0.3 is 0 Å². The molecule has 0 aliphatic carbocycles. The smallest absolute Gasteiger partial charge is 0.142 e. The largest absolute Gasteiger partial charge is 0.495 e. The third-order valence-electron chi connectivity index (χ3n) is 4.31. The van der Waals surface area contributed by atoms with Crippen molar-refractivity contribution in [2.45, 2.75) is 19.3 Å². The van der Waals surface area contributed by atoms with Crippen molar-refractivity contribution < 1.29 is 9.15 Å². The van der Waals surface area contributed by atoms with Gasteiger partial charge in [0, 0.05) is 35.5 Å². The van der Waals surface area contributed by atoms with Crippen LogP contribution in [0.1, 0.15) is 19.6 Å². The number of rotatable bonds is 5. The van der Waals surface area contributed by atoms with Gasteiger partial charge in [-0.1, -0.05) is 25.4 Å². The molecule has 0 aliphatic rings. The number of pyridine rings is 1. The van der Waals surface area contributed by atoms with Crippen molar-refractivity contribution >= 4 is 11.6 Å². The summed E-state index contributed by atoms with van der Waals surface area (Å²) in [6.45, 7) is 4.61. The summed E-state index contributed by atoms with van der Waals surface area (Å²) in [5.74, 6) is 2.21. The van der Waals surface area contributed by atoms with Gasteiger partial charge in [0.2, 0.25) is 0 Å². The third-order valence-corrected chi connectivity index (χ3v) is 4.63. The van der Waals surface area contributed by atoms with E-state index in [0.717, 1.165) is 28.2 Å². The zero-order valence-corrected chi connectivity index (χ0v) is 15.3. The molecular weight excluding hydrogens is 336 g/mol. The van der Waals surface area contributed by atoms with Gasteiger partial charge in [-0.05, 0) is 42.0 Å². The molecule has 0 atom stereocenters. The Kier molecular flexibility index (Phi) is 4.84. The average molecular weight is 357 g/mol. The zero-order chi connectivity index (χ0) is 18.0.